The largest absolute Gasteiger partial charge is 0.334 e. The number of hydrogen-bond donors (Lipinski definition) is 1. The summed E-state index contributed by atoms with van der Waals surface area (Å²) in [6.07, 6.45) is 5.11. The number of aromatic nitrogens is 6. The first-order valence-corrected chi connectivity index (χ1v) is 8.07. The molecule has 0 atom stereocenters. The highest BCUT2D eigenvalue weighted by molar-refractivity contribution is 6.03. The second-order valence-corrected chi connectivity index (χ2v) is 6.10. The summed E-state index contributed by atoms with van der Waals surface area (Å²) in [7, 11) is 3.74. The summed E-state index contributed by atoms with van der Waals surface area (Å²) in [6, 6.07) is 7.69. The van der Waals surface area contributed by atoms with E-state index in [0.29, 0.717) is 11.5 Å². The Balaban J connectivity index is 1.67. The molecule has 8 heteroatoms. The minimum atomic E-state index is -0.274. The summed E-state index contributed by atoms with van der Waals surface area (Å²) in [5, 5.41) is 11.9. The molecule has 130 valence electrons. The molecule has 1 aromatic carbocycles. The van der Waals surface area contributed by atoms with Crippen LogP contribution in [-0.2, 0) is 14.1 Å². The van der Waals surface area contributed by atoms with E-state index in [4.69, 9.17) is 0 Å². The molecule has 0 saturated carbocycles. The number of aryl methyl sites for hydroxylation is 2. The van der Waals surface area contributed by atoms with Crippen LogP contribution in [0.15, 0.2) is 43.0 Å². The lowest BCUT2D eigenvalue weighted by Gasteiger charge is -2.07. The highest BCUT2D eigenvalue weighted by atomic mass is 16.2. The molecule has 0 radical (unpaired) electrons. The number of imidazole rings is 2. The van der Waals surface area contributed by atoms with E-state index >= 15 is 0 Å². The normalized spacial score (nSPS) is 11.0. The summed E-state index contributed by atoms with van der Waals surface area (Å²) < 4.78 is 3.67. The molecule has 0 bridgehead atoms. The van der Waals surface area contributed by atoms with E-state index in [1.54, 1.807) is 24.1 Å². The fourth-order valence-electron chi connectivity index (χ4n) is 2.79. The van der Waals surface area contributed by atoms with Crippen molar-refractivity contribution in [3.63, 3.8) is 0 Å². The van der Waals surface area contributed by atoms with Gasteiger partial charge in [0.05, 0.1) is 29.9 Å². The Morgan fingerprint density at radius 2 is 1.96 bits per heavy atom. The van der Waals surface area contributed by atoms with Gasteiger partial charge in [-0.15, -0.1) is 10.2 Å². The van der Waals surface area contributed by atoms with Gasteiger partial charge in [0.15, 0.2) is 5.82 Å². The molecule has 1 amide bonds. The van der Waals surface area contributed by atoms with Crippen LogP contribution in [-0.4, -0.2) is 35.2 Å². The average Bonchev–Trinajstić information content (AvgIpc) is 3.20. The van der Waals surface area contributed by atoms with Gasteiger partial charge in [-0.2, -0.15) is 0 Å². The first kappa shape index (κ1) is 15.9. The van der Waals surface area contributed by atoms with Crippen LogP contribution in [0, 0.1) is 6.92 Å². The summed E-state index contributed by atoms with van der Waals surface area (Å²) in [4.78, 5) is 20.7. The maximum atomic E-state index is 12.4. The number of anilines is 1. The van der Waals surface area contributed by atoms with Gasteiger partial charge in [-0.05, 0) is 25.1 Å². The summed E-state index contributed by atoms with van der Waals surface area (Å²) in [5.74, 6) is 0.883. The molecule has 0 aliphatic heterocycles. The van der Waals surface area contributed by atoms with Crippen LogP contribution >= 0.6 is 0 Å². The molecule has 0 fully saturated rings. The third-order valence-electron chi connectivity index (χ3n) is 4.39. The molecule has 4 rings (SSSR count). The van der Waals surface area contributed by atoms with Crippen molar-refractivity contribution in [2.75, 3.05) is 5.32 Å². The number of amides is 1. The molecule has 26 heavy (non-hydrogen) atoms. The van der Waals surface area contributed by atoms with E-state index in [1.807, 2.05) is 49.0 Å². The van der Waals surface area contributed by atoms with Gasteiger partial charge in [-0.25, -0.2) is 9.97 Å². The Kier molecular flexibility index (Phi) is 3.72. The minimum absolute atomic E-state index is 0.274. The second kappa shape index (κ2) is 6.07. The maximum absolute atomic E-state index is 12.4. The standard InChI is InChI=1S/C18H17N7O/c1-11-20-9-16(25(11)3)18(26)21-17-7-13-6-12(4-5-14(13)22-23-17)15-8-19-10-24(15)2/h4-10H,1-3H3,(H,21,23,26). The maximum Gasteiger partial charge on any atom is 0.275 e. The van der Waals surface area contributed by atoms with Crippen LogP contribution < -0.4 is 5.32 Å². The van der Waals surface area contributed by atoms with Gasteiger partial charge in [0.2, 0.25) is 0 Å². The van der Waals surface area contributed by atoms with Crippen LogP contribution in [0.3, 0.4) is 0 Å². The number of rotatable bonds is 3. The van der Waals surface area contributed by atoms with E-state index in [-0.39, 0.29) is 5.91 Å². The molecule has 0 aliphatic rings. The highest BCUT2D eigenvalue weighted by Crippen LogP contribution is 2.24. The molecule has 3 aromatic heterocycles. The summed E-state index contributed by atoms with van der Waals surface area (Å²) in [6.45, 7) is 1.84. The lowest BCUT2D eigenvalue weighted by atomic mass is 10.1. The van der Waals surface area contributed by atoms with Crippen molar-refractivity contribution in [3.8, 4) is 11.3 Å². The average molecular weight is 347 g/mol. The summed E-state index contributed by atoms with van der Waals surface area (Å²) >= 11 is 0. The van der Waals surface area contributed by atoms with Crippen LogP contribution in [0.5, 0.6) is 0 Å². The van der Waals surface area contributed by atoms with Gasteiger partial charge in [0.25, 0.3) is 5.91 Å². The van der Waals surface area contributed by atoms with Gasteiger partial charge < -0.3 is 14.5 Å². The molecule has 0 aliphatic carbocycles. The second-order valence-electron chi connectivity index (χ2n) is 6.10. The van der Waals surface area contributed by atoms with Crippen molar-refractivity contribution in [1.82, 2.24) is 29.3 Å². The molecular weight excluding hydrogens is 330 g/mol. The first-order valence-electron chi connectivity index (χ1n) is 8.07. The Hall–Kier alpha value is -3.55. The number of benzene rings is 1. The lowest BCUT2D eigenvalue weighted by molar-refractivity contribution is 0.101. The number of nitrogens with one attached hydrogen (secondary N) is 1. The summed E-state index contributed by atoms with van der Waals surface area (Å²) in [5.41, 5.74) is 3.24. The quantitative estimate of drug-likeness (QED) is 0.614. The SMILES string of the molecule is Cc1ncc(C(=O)Nc2cc3cc(-c4cncn4C)ccc3nn2)n1C. The van der Waals surface area contributed by atoms with Crippen LogP contribution in [0.4, 0.5) is 5.82 Å². The number of fused-ring (bicyclic) bond motifs is 1. The number of carbonyl (C=O) groups excluding carboxylic acids is 1. The fraction of sp³-hybridized carbons (Fsp3) is 0.167. The Morgan fingerprint density at radius 1 is 1.12 bits per heavy atom. The van der Waals surface area contributed by atoms with E-state index < -0.39 is 0 Å². The van der Waals surface area contributed by atoms with Crippen LogP contribution in [0.25, 0.3) is 22.2 Å². The van der Waals surface area contributed by atoms with Crippen molar-refractivity contribution in [2.45, 2.75) is 6.92 Å². The first-order chi connectivity index (χ1) is 12.5. The van der Waals surface area contributed by atoms with Crippen molar-refractivity contribution < 1.29 is 4.79 Å². The molecule has 0 spiro atoms. The van der Waals surface area contributed by atoms with Crippen molar-refractivity contribution in [3.05, 3.63) is 54.5 Å². The molecule has 3 heterocycles. The third-order valence-corrected chi connectivity index (χ3v) is 4.39. The molecule has 0 saturated heterocycles. The van der Waals surface area contributed by atoms with Gasteiger partial charge in [-0.3, -0.25) is 4.79 Å². The Bertz CT molecular complexity index is 1130. The predicted octanol–water partition coefficient (Wildman–Crippen LogP) is 2.32. The van der Waals surface area contributed by atoms with E-state index in [1.165, 1.54) is 0 Å². The highest BCUT2D eigenvalue weighted by Gasteiger charge is 2.13. The third kappa shape index (κ3) is 2.71. The zero-order valence-electron chi connectivity index (χ0n) is 14.6. The minimum Gasteiger partial charge on any atom is -0.334 e. The van der Waals surface area contributed by atoms with Crippen molar-refractivity contribution >= 4 is 22.6 Å². The monoisotopic (exact) mass is 347 g/mol. The Morgan fingerprint density at radius 3 is 2.65 bits per heavy atom. The van der Waals surface area contributed by atoms with Gasteiger partial charge in [-0.1, -0.05) is 6.07 Å². The lowest BCUT2D eigenvalue weighted by Crippen LogP contribution is -2.17. The van der Waals surface area contributed by atoms with E-state index in [0.717, 1.165) is 28.0 Å². The van der Waals surface area contributed by atoms with Crippen LogP contribution in [0.1, 0.15) is 16.3 Å². The number of nitrogens with zero attached hydrogens (tertiary/aromatic N) is 6. The van der Waals surface area contributed by atoms with Gasteiger partial charge in [0, 0.05) is 25.0 Å². The van der Waals surface area contributed by atoms with Gasteiger partial charge in [0.1, 0.15) is 11.5 Å². The Labute approximate surface area is 149 Å². The molecular formula is C18H17N7O. The van der Waals surface area contributed by atoms with Crippen LogP contribution in [0.2, 0.25) is 0 Å². The molecule has 4 aromatic rings. The number of carbonyl (C=O) groups is 1. The number of hydrogen-bond acceptors (Lipinski definition) is 5. The molecule has 0 unspecified atom stereocenters. The smallest absolute Gasteiger partial charge is 0.275 e. The topological polar surface area (TPSA) is 90.5 Å². The van der Waals surface area contributed by atoms with E-state index in [9.17, 15) is 4.79 Å². The predicted molar refractivity (Wildman–Crippen MR) is 97.6 cm³/mol. The van der Waals surface area contributed by atoms with Gasteiger partial charge >= 0.3 is 0 Å². The fourth-order valence-corrected chi connectivity index (χ4v) is 2.79. The van der Waals surface area contributed by atoms with Crippen molar-refractivity contribution in [1.29, 1.82) is 0 Å². The molecule has 8 nitrogen and oxygen atoms in total. The molecule has 1 N–H and O–H groups in total. The van der Waals surface area contributed by atoms with E-state index in [2.05, 4.69) is 25.5 Å². The zero-order chi connectivity index (χ0) is 18.3. The van der Waals surface area contributed by atoms with Crippen molar-refractivity contribution in [2.24, 2.45) is 14.1 Å². The zero-order valence-corrected chi connectivity index (χ0v) is 14.6.